The van der Waals surface area contributed by atoms with E-state index in [1.165, 1.54) is 13.2 Å². The van der Waals surface area contributed by atoms with E-state index in [-0.39, 0.29) is 5.88 Å². The number of aromatic amines is 1. The standard InChI is InChI=1S/C21H17ClF2N4O/c1-29-21-18(23)6-12(9-27-21)2-4-16-5-3-13(19(24)28-16)7-14-10-25-20-17(14)8-15(22)11-26-20/h3,5-6,8-11H,2,4,7H2,1H3,(H,25,26). The number of aromatic nitrogens is 4. The van der Waals surface area contributed by atoms with Crippen LogP contribution in [0.3, 0.4) is 0 Å². The lowest BCUT2D eigenvalue weighted by Crippen LogP contribution is -2.02. The van der Waals surface area contributed by atoms with Crippen molar-refractivity contribution >= 4 is 22.6 Å². The molecule has 0 bridgehead atoms. The molecule has 1 N–H and O–H groups in total. The molecule has 0 fully saturated rings. The van der Waals surface area contributed by atoms with Crippen LogP contribution in [0.1, 0.15) is 22.4 Å². The summed E-state index contributed by atoms with van der Waals surface area (Å²) < 4.78 is 33.1. The highest BCUT2D eigenvalue weighted by Gasteiger charge is 2.12. The molecule has 0 aliphatic carbocycles. The van der Waals surface area contributed by atoms with E-state index < -0.39 is 11.8 Å². The monoisotopic (exact) mass is 414 g/mol. The van der Waals surface area contributed by atoms with E-state index in [0.29, 0.717) is 46.8 Å². The van der Waals surface area contributed by atoms with Crippen LogP contribution >= 0.6 is 11.6 Å². The minimum Gasteiger partial charge on any atom is -0.479 e. The number of hydrogen-bond acceptors (Lipinski definition) is 4. The van der Waals surface area contributed by atoms with Crippen LogP contribution in [0.2, 0.25) is 5.02 Å². The van der Waals surface area contributed by atoms with Gasteiger partial charge in [-0.1, -0.05) is 17.7 Å². The lowest BCUT2D eigenvalue weighted by Gasteiger charge is -2.07. The number of pyridine rings is 3. The third-order valence-electron chi connectivity index (χ3n) is 4.68. The molecule has 0 saturated heterocycles. The van der Waals surface area contributed by atoms with E-state index in [2.05, 4.69) is 19.9 Å². The third kappa shape index (κ3) is 4.19. The van der Waals surface area contributed by atoms with Crippen molar-refractivity contribution in [2.45, 2.75) is 19.3 Å². The first kappa shape index (κ1) is 19.3. The van der Waals surface area contributed by atoms with Gasteiger partial charge in [0, 0.05) is 41.7 Å². The average Bonchev–Trinajstić information content (AvgIpc) is 3.10. The number of nitrogens with one attached hydrogen (secondary N) is 1. The van der Waals surface area contributed by atoms with Gasteiger partial charge in [0.15, 0.2) is 5.82 Å². The second-order valence-corrected chi connectivity index (χ2v) is 7.06. The molecule has 29 heavy (non-hydrogen) atoms. The fourth-order valence-corrected chi connectivity index (χ4v) is 3.34. The van der Waals surface area contributed by atoms with Crippen molar-refractivity contribution in [2.24, 2.45) is 0 Å². The van der Waals surface area contributed by atoms with Crippen LogP contribution in [0.25, 0.3) is 11.0 Å². The second kappa shape index (κ2) is 8.13. The molecule has 4 aromatic rings. The molecule has 0 radical (unpaired) electrons. The fraction of sp³-hybridized carbons (Fsp3) is 0.190. The van der Waals surface area contributed by atoms with Gasteiger partial charge < -0.3 is 9.72 Å². The van der Waals surface area contributed by atoms with Crippen LogP contribution in [0, 0.1) is 11.8 Å². The van der Waals surface area contributed by atoms with E-state index in [0.717, 1.165) is 10.9 Å². The maximum atomic E-state index is 14.6. The Morgan fingerprint density at radius 2 is 1.93 bits per heavy atom. The van der Waals surface area contributed by atoms with Crippen molar-refractivity contribution in [1.82, 2.24) is 19.9 Å². The molecule has 148 valence electrons. The van der Waals surface area contributed by atoms with E-state index in [9.17, 15) is 8.78 Å². The van der Waals surface area contributed by atoms with Gasteiger partial charge in [-0.15, -0.1) is 0 Å². The number of fused-ring (bicyclic) bond motifs is 1. The minimum absolute atomic E-state index is 0.0453. The van der Waals surface area contributed by atoms with Gasteiger partial charge in [-0.25, -0.2) is 19.3 Å². The summed E-state index contributed by atoms with van der Waals surface area (Å²) >= 11 is 6.02. The van der Waals surface area contributed by atoms with Gasteiger partial charge in [0.25, 0.3) is 0 Å². The predicted octanol–water partition coefficient (Wildman–Crippen LogP) is 4.67. The summed E-state index contributed by atoms with van der Waals surface area (Å²) in [5.74, 6) is -1.09. The van der Waals surface area contributed by atoms with Crippen LogP contribution < -0.4 is 4.74 Å². The Morgan fingerprint density at radius 3 is 2.69 bits per heavy atom. The maximum absolute atomic E-state index is 14.6. The molecule has 0 amide bonds. The maximum Gasteiger partial charge on any atom is 0.250 e. The predicted molar refractivity (Wildman–Crippen MR) is 106 cm³/mol. The van der Waals surface area contributed by atoms with Gasteiger partial charge in [-0.3, -0.25) is 0 Å². The zero-order valence-electron chi connectivity index (χ0n) is 15.5. The summed E-state index contributed by atoms with van der Waals surface area (Å²) in [6.07, 6.45) is 6.24. The van der Waals surface area contributed by atoms with Crippen LogP contribution in [-0.2, 0) is 19.3 Å². The molecule has 0 aliphatic rings. The molecule has 0 saturated carbocycles. The number of H-pyrrole nitrogens is 1. The van der Waals surface area contributed by atoms with E-state index >= 15 is 0 Å². The van der Waals surface area contributed by atoms with Gasteiger partial charge in [0.05, 0.1) is 12.1 Å². The summed E-state index contributed by atoms with van der Waals surface area (Å²) in [5, 5.41) is 1.38. The van der Waals surface area contributed by atoms with Gasteiger partial charge in [-0.2, -0.15) is 4.39 Å². The molecule has 0 aliphatic heterocycles. The lowest BCUT2D eigenvalue weighted by atomic mass is 10.0. The Morgan fingerprint density at radius 1 is 1.07 bits per heavy atom. The molecule has 5 nitrogen and oxygen atoms in total. The first-order valence-electron chi connectivity index (χ1n) is 8.97. The minimum atomic E-state index is -0.522. The second-order valence-electron chi connectivity index (χ2n) is 6.63. The number of nitrogens with zero attached hydrogens (tertiary/aromatic N) is 3. The molecule has 0 aromatic carbocycles. The lowest BCUT2D eigenvalue weighted by molar-refractivity contribution is 0.368. The third-order valence-corrected chi connectivity index (χ3v) is 4.88. The van der Waals surface area contributed by atoms with Gasteiger partial charge in [-0.05, 0) is 42.2 Å². The molecule has 4 heterocycles. The van der Waals surface area contributed by atoms with Gasteiger partial charge in [0.2, 0.25) is 11.8 Å². The highest BCUT2D eigenvalue weighted by atomic mass is 35.5. The van der Waals surface area contributed by atoms with Crippen LogP contribution in [-0.4, -0.2) is 27.0 Å². The Hall–Kier alpha value is -3.06. The fourth-order valence-electron chi connectivity index (χ4n) is 3.18. The smallest absolute Gasteiger partial charge is 0.250 e. The Kier molecular flexibility index (Phi) is 5.40. The van der Waals surface area contributed by atoms with E-state index in [4.69, 9.17) is 16.3 Å². The van der Waals surface area contributed by atoms with Crippen LogP contribution in [0.5, 0.6) is 5.88 Å². The van der Waals surface area contributed by atoms with E-state index in [1.54, 1.807) is 36.8 Å². The molecule has 0 atom stereocenters. The summed E-state index contributed by atoms with van der Waals surface area (Å²) in [4.78, 5) is 15.2. The normalized spacial score (nSPS) is 11.2. The molecular formula is C21H17ClF2N4O. The first-order valence-corrected chi connectivity index (χ1v) is 9.35. The molecule has 0 unspecified atom stereocenters. The van der Waals surface area contributed by atoms with Crippen LogP contribution in [0.4, 0.5) is 8.78 Å². The van der Waals surface area contributed by atoms with Crippen molar-refractivity contribution in [3.05, 3.63) is 82.0 Å². The SMILES string of the molecule is COc1ncc(CCc2ccc(Cc3c[nH]c4ncc(Cl)cc34)c(F)n2)cc1F. The van der Waals surface area contributed by atoms with Gasteiger partial charge in [0.1, 0.15) is 5.65 Å². The Labute approximate surface area is 170 Å². The zero-order chi connectivity index (χ0) is 20.4. The number of aryl methyl sites for hydroxylation is 2. The number of methoxy groups -OCH3 is 1. The number of rotatable bonds is 6. The van der Waals surface area contributed by atoms with Crippen molar-refractivity contribution in [3.8, 4) is 5.88 Å². The quantitative estimate of drug-likeness (QED) is 0.466. The van der Waals surface area contributed by atoms with Crippen LogP contribution in [0.15, 0.2) is 42.9 Å². The highest BCUT2D eigenvalue weighted by Crippen LogP contribution is 2.23. The number of hydrogen-bond donors (Lipinski definition) is 1. The molecule has 0 spiro atoms. The molecule has 4 aromatic heterocycles. The highest BCUT2D eigenvalue weighted by molar-refractivity contribution is 6.31. The summed E-state index contributed by atoms with van der Waals surface area (Å²) in [6, 6.07) is 6.68. The van der Waals surface area contributed by atoms with Crippen molar-refractivity contribution in [1.29, 1.82) is 0 Å². The van der Waals surface area contributed by atoms with Crippen molar-refractivity contribution < 1.29 is 13.5 Å². The number of halogens is 3. The summed E-state index contributed by atoms with van der Waals surface area (Å²) in [6.45, 7) is 0. The summed E-state index contributed by atoms with van der Waals surface area (Å²) in [5.41, 5.74) is 3.36. The number of ether oxygens (including phenoxy) is 1. The Balaban J connectivity index is 1.47. The summed E-state index contributed by atoms with van der Waals surface area (Å²) in [7, 11) is 1.36. The topological polar surface area (TPSA) is 63.7 Å². The largest absolute Gasteiger partial charge is 0.479 e. The van der Waals surface area contributed by atoms with E-state index in [1.807, 2.05) is 0 Å². The molecule has 8 heteroatoms. The van der Waals surface area contributed by atoms with Gasteiger partial charge >= 0.3 is 0 Å². The Bertz CT molecular complexity index is 1180. The molecule has 4 rings (SSSR count). The first-order chi connectivity index (χ1) is 14.0. The zero-order valence-corrected chi connectivity index (χ0v) is 16.3. The van der Waals surface area contributed by atoms with Crippen molar-refractivity contribution in [2.75, 3.05) is 7.11 Å². The average molecular weight is 415 g/mol. The van der Waals surface area contributed by atoms with Crippen molar-refractivity contribution in [3.63, 3.8) is 0 Å². The molecular weight excluding hydrogens is 398 g/mol.